The Balaban J connectivity index is 1.69. The number of carbonyl (C=O) groups is 1. The lowest BCUT2D eigenvalue weighted by molar-refractivity contribution is -0.116. The Morgan fingerprint density at radius 1 is 1.27 bits per heavy atom. The Kier molecular flexibility index (Phi) is 4.55. The van der Waals surface area contributed by atoms with Crippen molar-refractivity contribution in [2.75, 3.05) is 5.32 Å². The fourth-order valence-electron chi connectivity index (χ4n) is 2.20. The molecular weight excluding hydrogens is 312 g/mol. The first-order valence-electron chi connectivity index (χ1n) is 7.24. The van der Waals surface area contributed by atoms with Gasteiger partial charge in [-0.05, 0) is 54.1 Å². The minimum Gasteiger partial charge on any atom is -0.357 e. The third-order valence-corrected chi connectivity index (χ3v) is 5.55. The van der Waals surface area contributed by atoms with Gasteiger partial charge in [0.25, 0.3) is 5.91 Å². The van der Waals surface area contributed by atoms with E-state index in [2.05, 4.69) is 54.8 Å². The zero-order valence-electron chi connectivity index (χ0n) is 12.6. The van der Waals surface area contributed by atoms with Crippen molar-refractivity contribution in [3.63, 3.8) is 0 Å². The lowest BCUT2D eigenvalue weighted by Gasteiger charge is -2.12. The second-order valence-electron chi connectivity index (χ2n) is 5.14. The molecule has 0 bridgehead atoms. The van der Waals surface area contributed by atoms with Gasteiger partial charge in [0.05, 0.1) is 4.91 Å². The summed E-state index contributed by atoms with van der Waals surface area (Å²) in [5, 5.41) is 8.35. The normalized spacial score (nSPS) is 19.5. The zero-order chi connectivity index (χ0) is 15.5. The quantitative estimate of drug-likeness (QED) is 0.825. The molecule has 22 heavy (non-hydrogen) atoms. The van der Waals surface area contributed by atoms with Gasteiger partial charge in [0.1, 0.15) is 0 Å². The molecule has 1 unspecified atom stereocenters. The van der Waals surface area contributed by atoms with Crippen LogP contribution in [0.2, 0.25) is 0 Å². The summed E-state index contributed by atoms with van der Waals surface area (Å²) in [7, 11) is 0. The number of anilines is 1. The highest BCUT2D eigenvalue weighted by atomic mass is 32.2. The van der Waals surface area contributed by atoms with Crippen LogP contribution in [0.1, 0.15) is 22.9 Å². The summed E-state index contributed by atoms with van der Waals surface area (Å²) in [4.78, 5) is 14.0. The molecule has 1 atom stereocenters. The molecule has 0 saturated carbocycles. The molecule has 1 saturated heterocycles. The summed E-state index contributed by atoms with van der Waals surface area (Å²) in [6.07, 6.45) is 3.00. The largest absolute Gasteiger partial charge is 0.357 e. The summed E-state index contributed by atoms with van der Waals surface area (Å²) in [5.41, 5.74) is 3.41. The highest BCUT2D eigenvalue weighted by Crippen LogP contribution is 2.32. The predicted octanol–water partition coefficient (Wildman–Crippen LogP) is 4.22. The van der Waals surface area contributed by atoms with Crippen LogP contribution in [0.4, 0.5) is 5.69 Å². The van der Waals surface area contributed by atoms with Crippen LogP contribution in [0.5, 0.6) is 0 Å². The molecule has 2 heterocycles. The average Bonchev–Trinajstić information content (AvgIpc) is 3.07. The van der Waals surface area contributed by atoms with Gasteiger partial charge >= 0.3 is 0 Å². The number of aryl methyl sites for hydroxylation is 2. The van der Waals surface area contributed by atoms with Crippen molar-refractivity contribution < 1.29 is 4.79 Å². The van der Waals surface area contributed by atoms with Crippen LogP contribution in [0, 0.1) is 6.92 Å². The van der Waals surface area contributed by atoms with Gasteiger partial charge in [-0.3, -0.25) is 4.79 Å². The van der Waals surface area contributed by atoms with Crippen LogP contribution in [-0.4, -0.2) is 11.4 Å². The minimum absolute atomic E-state index is 0.0134. The topological polar surface area (TPSA) is 41.1 Å². The van der Waals surface area contributed by atoms with Crippen molar-refractivity contribution in [3.8, 4) is 0 Å². The van der Waals surface area contributed by atoms with E-state index in [1.807, 2.05) is 11.5 Å². The first kappa shape index (κ1) is 15.2. The number of amides is 1. The molecule has 1 aromatic heterocycles. The van der Waals surface area contributed by atoms with Crippen molar-refractivity contribution >= 4 is 40.8 Å². The molecule has 0 aliphatic carbocycles. The molecule has 3 rings (SSSR count). The van der Waals surface area contributed by atoms with Gasteiger partial charge in [-0.25, -0.2) is 0 Å². The Hall–Kier alpha value is -1.72. The van der Waals surface area contributed by atoms with Crippen molar-refractivity contribution in [3.05, 3.63) is 56.6 Å². The molecule has 1 aromatic carbocycles. The van der Waals surface area contributed by atoms with Gasteiger partial charge < -0.3 is 10.6 Å². The second-order valence-corrected chi connectivity index (χ2v) is 7.24. The number of benzene rings is 1. The van der Waals surface area contributed by atoms with Crippen LogP contribution in [0.15, 0.2) is 40.6 Å². The number of thiophene rings is 1. The molecule has 0 radical (unpaired) electrons. The molecule has 0 spiro atoms. The Labute approximate surface area is 138 Å². The van der Waals surface area contributed by atoms with E-state index in [0.29, 0.717) is 0 Å². The van der Waals surface area contributed by atoms with E-state index in [0.717, 1.165) is 21.9 Å². The van der Waals surface area contributed by atoms with Crippen LogP contribution in [-0.2, 0) is 11.2 Å². The van der Waals surface area contributed by atoms with Gasteiger partial charge in [-0.2, -0.15) is 0 Å². The van der Waals surface area contributed by atoms with E-state index in [1.165, 1.54) is 22.9 Å². The predicted molar refractivity (Wildman–Crippen MR) is 96.0 cm³/mol. The number of thioether (sulfide) groups is 1. The second kappa shape index (κ2) is 6.58. The lowest BCUT2D eigenvalue weighted by Crippen LogP contribution is -2.30. The third kappa shape index (κ3) is 3.36. The van der Waals surface area contributed by atoms with Crippen molar-refractivity contribution in [1.29, 1.82) is 0 Å². The van der Waals surface area contributed by atoms with Gasteiger partial charge in [0.2, 0.25) is 0 Å². The SMILES string of the molecule is CCc1ccc(NC2NC(=O)/C(=C/c3sccc3C)S2)cc1. The molecule has 5 heteroatoms. The van der Waals surface area contributed by atoms with Crippen LogP contribution < -0.4 is 10.6 Å². The van der Waals surface area contributed by atoms with E-state index >= 15 is 0 Å². The molecule has 1 aliphatic heterocycles. The van der Waals surface area contributed by atoms with Gasteiger partial charge in [0.15, 0.2) is 5.50 Å². The molecule has 1 amide bonds. The van der Waals surface area contributed by atoms with E-state index in [4.69, 9.17) is 0 Å². The van der Waals surface area contributed by atoms with Crippen LogP contribution in [0.25, 0.3) is 6.08 Å². The van der Waals surface area contributed by atoms with E-state index in [9.17, 15) is 4.79 Å². The van der Waals surface area contributed by atoms with Crippen molar-refractivity contribution in [1.82, 2.24) is 5.32 Å². The van der Waals surface area contributed by atoms with E-state index in [-0.39, 0.29) is 11.4 Å². The van der Waals surface area contributed by atoms with Crippen molar-refractivity contribution in [2.24, 2.45) is 0 Å². The summed E-state index contributed by atoms with van der Waals surface area (Å²) >= 11 is 3.18. The van der Waals surface area contributed by atoms with Gasteiger partial charge in [-0.1, -0.05) is 30.8 Å². The number of hydrogen-bond acceptors (Lipinski definition) is 4. The average molecular weight is 330 g/mol. The molecule has 3 nitrogen and oxygen atoms in total. The summed E-state index contributed by atoms with van der Waals surface area (Å²) in [6.45, 7) is 4.20. The molecule has 2 aromatic rings. The third-order valence-electron chi connectivity index (χ3n) is 3.55. The van der Waals surface area contributed by atoms with Crippen LogP contribution >= 0.6 is 23.1 Å². The number of rotatable bonds is 4. The number of hydrogen-bond donors (Lipinski definition) is 2. The molecule has 1 fully saturated rings. The van der Waals surface area contributed by atoms with E-state index in [1.54, 1.807) is 11.3 Å². The molecule has 114 valence electrons. The van der Waals surface area contributed by atoms with Crippen molar-refractivity contribution in [2.45, 2.75) is 25.8 Å². The molecule has 1 aliphatic rings. The summed E-state index contributed by atoms with van der Waals surface area (Å²) in [5.74, 6) is -0.0134. The first-order chi connectivity index (χ1) is 10.7. The lowest BCUT2D eigenvalue weighted by atomic mass is 10.1. The summed E-state index contributed by atoms with van der Waals surface area (Å²) < 4.78 is 0. The Bertz CT molecular complexity index is 704. The monoisotopic (exact) mass is 330 g/mol. The Morgan fingerprint density at radius 3 is 2.68 bits per heavy atom. The fraction of sp³-hybridized carbons (Fsp3) is 0.235. The maximum absolute atomic E-state index is 12.1. The number of nitrogens with one attached hydrogen (secondary N) is 2. The van der Waals surface area contributed by atoms with Crippen LogP contribution in [0.3, 0.4) is 0 Å². The standard InChI is InChI=1S/C17H18N2OS2/c1-3-12-4-6-13(7-5-12)18-17-19-16(20)15(22-17)10-14-11(2)8-9-21-14/h4-10,17-18H,3H2,1-2H3,(H,19,20)/b15-10-. The smallest absolute Gasteiger partial charge is 0.260 e. The maximum atomic E-state index is 12.1. The molecular formula is C17H18N2OS2. The highest BCUT2D eigenvalue weighted by Gasteiger charge is 2.27. The molecule has 2 N–H and O–H groups in total. The fourth-order valence-corrected chi connectivity index (χ4v) is 4.10. The minimum atomic E-state index is -0.119. The number of carbonyl (C=O) groups excluding carboxylic acids is 1. The maximum Gasteiger partial charge on any atom is 0.260 e. The van der Waals surface area contributed by atoms with Gasteiger partial charge in [-0.15, -0.1) is 11.3 Å². The highest BCUT2D eigenvalue weighted by molar-refractivity contribution is 8.05. The zero-order valence-corrected chi connectivity index (χ0v) is 14.2. The first-order valence-corrected chi connectivity index (χ1v) is 9.00. The summed E-state index contributed by atoms with van der Waals surface area (Å²) in [6, 6.07) is 10.4. The van der Waals surface area contributed by atoms with Gasteiger partial charge in [0, 0.05) is 10.6 Å². The van der Waals surface area contributed by atoms with E-state index < -0.39 is 0 Å². The Morgan fingerprint density at radius 2 is 2.05 bits per heavy atom.